The van der Waals surface area contributed by atoms with E-state index in [4.69, 9.17) is 14.6 Å². The van der Waals surface area contributed by atoms with Crippen LogP contribution in [0, 0.1) is 0 Å². The lowest BCUT2D eigenvalue weighted by atomic mass is 10.0. The number of carbonyl (C=O) groups is 2. The van der Waals surface area contributed by atoms with Crippen molar-refractivity contribution >= 4 is 11.9 Å². The molecule has 0 aliphatic heterocycles. The van der Waals surface area contributed by atoms with Crippen LogP contribution in [-0.4, -0.2) is 30.2 Å². The largest absolute Gasteiger partial charge is 0.494 e. The number of benzene rings is 2. The van der Waals surface area contributed by atoms with E-state index in [2.05, 4.69) is 5.32 Å². The zero-order valence-corrected chi connectivity index (χ0v) is 14.0. The average molecular weight is 343 g/mol. The van der Waals surface area contributed by atoms with Gasteiger partial charge in [0.15, 0.2) is 6.61 Å². The summed E-state index contributed by atoms with van der Waals surface area (Å²) >= 11 is 0. The number of carboxylic acid groups (broad SMARTS) is 1. The summed E-state index contributed by atoms with van der Waals surface area (Å²) in [6.45, 7) is 2.25. The van der Waals surface area contributed by atoms with Crippen LogP contribution in [0.25, 0.3) is 0 Å². The molecule has 0 heterocycles. The fourth-order valence-corrected chi connectivity index (χ4v) is 2.29. The summed E-state index contributed by atoms with van der Waals surface area (Å²) in [5.74, 6) is -0.111. The molecule has 0 saturated heterocycles. The first-order valence-corrected chi connectivity index (χ1v) is 8.00. The highest BCUT2D eigenvalue weighted by Crippen LogP contribution is 2.20. The number of carboxylic acids is 1. The molecule has 0 aromatic heterocycles. The van der Waals surface area contributed by atoms with E-state index < -0.39 is 12.0 Å². The molecule has 25 heavy (non-hydrogen) atoms. The van der Waals surface area contributed by atoms with Crippen LogP contribution in [0.1, 0.15) is 24.9 Å². The molecule has 0 unspecified atom stereocenters. The van der Waals surface area contributed by atoms with Gasteiger partial charge >= 0.3 is 5.97 Å². The molecular weight excluding hydrogens is 322 g/mol. The number of carbonyl (C=O) groups excluding carboxylic acids is 1. The maximum atomic E-state index is 12.1. The molecule has 1 atom stereocenters. The quantitative estimate of drug-likeness (QED) is 0.731. The van der Waals surface area contributed by atoms with Gasteiger partial charge in [-0.05, 0) is 36.8 Å². The number of hydrogen-bond donors (Lipinski definition) is 2. The second-order valence-electron chi connectivity index (χ2n) is 5.32. The van der Waals surface area contributed by atoms with E-state index in [0.717, 1.165) is 0 Å². The Morgan fingerprint density at radius 2 is 1.64 bits per heavy atom. The average Bonchev–Trinajstić information content (AvgIpc) is 2.61. The van der Waals surface area contributed by atoms with Gasteiger partial charge in [0.2, 0.25) is 0 Å². The lowest BCUT2D eigenvalue weighted by Gasteiger charge is -2.18. The molecule has 1 amide bonds. The predicted molar refractivity (Wildman–Crippen MR) is 92.7 cm³/mol. The molecule has 0 fully saturated rings. The van der Waals surface area contributed by atoms with E-state index in [1.807, 2.05) is 13.0 Å². The molecule has 0 radical (unpaired) electrons. The van der Waals surface area contributed by atoms with Gasteiger partial charge < -0.3 is 19.9 Å². The molecule has 2 aromatic rings. The number of nitrogens with one attached hydrogen (secondary N) is 1. The molecule has 0 aliphatic rings. The topological polar surface area (TPSA) is 84.9 Å². The van der Waals surface area contributed by atoms with E-state index in [1.165, 1.54) is 0 Å². The molecule has 2 N–H and O–H groups in total. The zero-order valence-electron chi connectivity index (χ0n) is 14.0. The summed E-state index contributed by atoms with van der Waals surface area (Å²) in [6.07, 6.45) is -0.217. The first-order chi connectivity index (χ1) is 12.1. The number of rotatable bonds is 9. The van der Waals surface area contributed by atoms with Gasteiger partial charge in [0, 0.05) is 0 Å². The summed E-state index contributed by atoms with van der Waals surface area (Å²) in [5.41, 5.74) is 0.693. The number of hydrogen-bond acceptors (Lipinski definition) is 4. The van der Waals surface area contributed by atoms with Gasteiger partial charge in [-0.1, -0.05) is 30.3 Å². The van der Waals surface area contributed by atoms with Crippen molar-refractivity contribution < 1.29 is 24.2 Å². The van der Waals surface area contributed by atoms with Crippen LogP contribution < -0.4 is 14.8 Å². The van der Waals surface area contributed by atoms with E-state index in [1.54, 1.807) is 48.5 Å². The second-order valence-corrected chi connectivity index (χ2v) is 5.32. The molecule has 2 aromatic carbocycles. The monoisotopic (exact) mass is 343 g/mol. The number of amides is 1. The van der Waals surface area contributed by atoms with Gasteiger partial charge in [-0.25, -0.2) is 0 Å². The van der Waals surface area contributed by atoms with Gasteiger partial charge in [0.1, 0.15) is 11.5 Å². The Morgan fingerprint density at radius 3 is 2.24 bits per heavy atom. The first kappa shape index (κ1) is 18.3. The third-order valence-corrected chi connectivity index (χ3v) is 3.42. The highest BCUT2D eigenvalue weighted by molar-refractivity contribution is 5.79. The standard InChI is InChI=1S/C19H21NO5/c1-2-24-16-10-8-14(9-11-16)17(12-19(22)23)20-18(21)13-25-15-6-4-3-5-7-15/h3-11,17H,2,12-13H2,1H3,(H,20,21)(H,22,23)/t17-/m1/s1. The van der Waals surface area contributed by atoms with Crippen molar-refractivity contribution in [3.8, 4) is 11.5 Å². The van der Waals surface area contributed by atoms with Crippen molar-refractivity contribution in [1.82, 2.24) is 5.32 Å². The minimum Gasteiger partial charge on any atom is -0.494 e. The molecule has 132 valence electrons. The van der Waals surface area contributed by atoms with Crippen molar-refractivity contribution in [3.63, 3.8) is 0 Å². The molecule has 6 heteroatoms. The minimum atomic E-state index is -0.997. The van der Waals surface area contributed by atoms with E-state index >= 15 is 0 Å². The van der Waals surface area contributed by atoms with Crippen molar-refractivity contribution in [2.75, 3.05) is 13.2 Å². The van der Waals surface area contributed by atoms with E-state index in [0.29, 0.717) is 23.7 Å². The summed E-state index contributed by atoms with van der Waals surface area (Å²) in [4.78, 5) is 23.2. The van der Waals surface area contributed by atoms with Crippen molar-refractivity contribution in [3.05, 3.63) is 60.2 Å². The molecular formula is C19H21NO5. The van der Waals surface area contributed by atoms with Crippen molar-refractivity contribution in [2.24, 2.45) is 0 Å². The molecule has 0 bridgehead atoms. The number of aliphatic carboxylic acids is 1. The lowest BCUT2D eigenvalue weighted by Crippen LogP contribution is -2.33. The van der Waals surface area contributed by atoms with Gasteiger partial charge in [-0.15, -0.1) is 0 Å². The maximum absolute atomic E-state index is 12.1. The Labute approximate surface area is 146 Å². The SMILES string of the molecule is CCOc1ccc([C@@H](CC(=O)O)NC(=O)COc2ccccc2)cc1. The molecule has 0 aliphatic carbocycles. The van der Waals surface area contributed by atoms with Crippen LogP contribution in [0.15, 0.2) is 54.6 Å². The van der Waals surface area contributed by atoms with E-state index in [9.17, 15) is 9.59 Å². The van der Waals surface area contributed by atoms with Gasteiger partial charge in [0.05, 0.1) is 19.1 Å². The lowest BCUT2D eigenvalue weighted by molar-refractivity contribution is -0.137. The highest BCUT2D eigenvalue weighted by Gasteiger charge is 2.18. The van der Waals surface area contributed by atoms with Crippen LogP contribution in [0.3, 0.4) is 0 Å². The second kappa shape index (κ2) is 9.32. The normalized spacial score (nSPS) is 11.4. The fourth-order valence-electron chi connectivity index (χ4n) is 2.29. The van der Waals surface area contributed by atoms with Gasteiger partial charge in [-0.2, -0.15) is 0 Å². The molecule has 0 spiro atoms. The Kier molecular flexibility index (Phi) is 6.83. The third-order valence-electron chi connectivity index (χ3n) is 3.42. The van der Waals surface area contributed by atoms with Crippen LogP contribution in [-0.2, 0) is 9.59 Å². The Morgan fingerprint density at radius 1 is 1.00 bits per heavy atom. The minimum absolute atomic E-state index is 0.183. The summed E-state index contributed by atoms with van der Waals surface area (Å²) < 4.78 is 10.7. The molecule has 2 rings (SSSR count). The molecule has 0 saturated carbocycles. The van der Waals surface area contributed by atoms with Crippen LogP contribution >= 0.6 is 0 Å². The van der Waals surface area contributed by atoms with Gasteiger partial charge in [0.25, 0.3) is 5.91 Å². The number of para-hydroxylation sites is 1. The number of ether oxygens (including phenoxy) is 2. The van der Waals surface area contributed by atoms with Gasteiger partial charge in [-0.3, -0.25) is 9.59 Å². The van der Waals surface area contributed by atoms with Crippen LogP contribution in [0.4, 0.5) is 0 Å². The summed E-state index contributed by atoms with van der Waals surface area (Å²) in [6, 6.07) is 15.3. The first-order valence-electron chi connectivity index (χ1n) is 8.00. The Hall–Kier alpha value is -3.02. The Balaban J connectivity index is 1.98. The van der Waals surface area contributed by atoms with Crippen molar-refractivity contribution in [1.29, 1.82) is 0 Å². The summed E-state index contributed by atoms with van der Waals surface area (Å²) in [5, 5.41) is 11.8. The van der Waals surface area contributed by atoms with Crippen LogP contribution in [0.5, 0.6) is 11.5 Å². The highest BCUT2D eigenvalue weighted by atomic mass is 16.5. The van der Waals surface area contributed by atoms with Crippen molar-refractivity contribution in [2.45, 2.75) is 19.4 Å². The Bertz CT molecular complexity index is 685. The zero-order chi connectivity index (χ0) is 18.1. The predicted octanol–water partition coefficient (Wildman–Crippen LogP) is 2.80. The summed E-state index contributed by atoms with van der Waals surface area (Å²) in [7, 11) is 0. The third kappa shape index (κ3) is 6.18. The smallest absolute Gasteiger partial charge is 0.305 e. The van der Waals surface area contributed by atoms with E-state index in [-0.39, 0.29) is 18.9 Å². The van der Waals surface area contributed by atoms with Crippen LogP contribution in [0.2, 0.25) is 0 Å². The molecule has 6 nitrogen and oxygen atoms in total. The maximum Gasteiger partial charge on any atom is 0.305 e. The fraction of sp³-hybridized carbons (Fsp3) is 0.263.